The zero-order valence-electron chi connectivity index (χ0n) is 16.2. The van der Waals surface area contributed by atoms with Crippen molar-refractivity contribution < 1.29 is 20.0 Å². The fourth-order valence-corrected chi connectivity index (χ4v) is 2.67. The number of rotatable bonds is 8. The van der Waals surface area contributed by atoms with Gasteiger partial charge in [0.1, 0.15) is 11.5 Å². The minimum absolute atomic E-state index is 0.0819. The molecule has 0 fully saturated rings. The summed E-state index contributed by atoms with van der Waals surface area (Å²) < 4.78 is 5.33. The van der Waals surface area contributed by atoms with E-state index >= 15 is 0 Å². The second-order valence-corrected chi connectivity index (χ2v) is 6.31. The first-order chi connectivity index (χ1) is 13.3. The quantitative estimate of drug-likeness (QED) is 0.174. The van der Waals surface area contributed by atoms with Crippen molar-refractivity contribution in [2.45, 2.75) is 13.8 Å². The van der Waals surface area contributed by atoms with Gasteiger partial charge in [0.15, 0.2) is 0 Å². The Bertz CT molecular complexity index is 876. The number of likely N-dealkylation sites (N-methyl/N-ethyl adjacent to an activating group) is 1. The SMILES string of the molecule is CCN(CCN)c1ccc(/C=C(\C)C(=O)Oc2ccc(C(N)=[NH2+])cc2)c(O)c1. The first-order valence-electron chi connectivity index (χ1n) is 9.02. The van der Waals surface area contributed by atoms with Crippen LogP contribution in [0.2, 0.25) is 0 Å². The van der Waals surface area contributed by atoms with Crippen LogP contribution < -0.4 is 26.5 Å². The molecule has 0 spiro atoms. The van der Waals surface area contributed by atoms with E-state index in [1.54, 1.807) is 49.4 Å². The Morgan fingerprint density at radius 1 is 1.25 bits per heavy atom. The Morgan fingerprint density at radius 3 is 2.46 bits per heavy atom. The molecule has 0 amide bonds. The maximum Gasteiger partial charge on any atom is 0.339 e. The number of nitrogens with two attached hydrogens (primary N) is 3. The molecule has 2 aromatic rings. The fourth-order valence-electron chi connectivity index (χ4n) is 2.67. The van der Waals surface area contributed by atoms with Crippen molar-refractivity contribution in [3.8, 4) is 11.5 Å². The molecule has 0 saturated carbocycles. The third-order valence-electron chi connectivity index (χ3n) is 4.25. The molecular weight excluding hydrogens is 356 g/mol. The van der Waals surface area contributed by atoms with E-state index in [2.05, 4.69) is 4.90 Å². The van der Waals surface area contributed by atoms with Crippen molar-refractivity contribution in [2.24, 2.45) is 11.5 Å². The molecule has 7 N–H and O–H groups in total. The van der Waals surface area contributed by atoms with E-state index in [0.717, 1.165) is 12.2 Å². The highest BCUT2D eigenvalue weighted by Crippen LogP contribution is 2.27. The average molecular weight is 383 g/mol. The molecule has 0 atom stereocenters. The molecule has 2 rings (SSSR count). The third kappa shape index (κ3) is 5.34. The summed E-state index contributed by atoms with van der Waals surface area (Å²) >= 11 is 0. The Kier molecular flexibility index (Phi) is 7.17. The maximum absolute atomic E-state index is 12.3. The molecule has 0 aliphatic heterocycles. The van der Waals surface area contributed by atoms with Crippen LogP contribution in [0.15, 0.2) is 48.0 Å². The Balaban J connectivity index is 2.13. The second-order valence-electron chi connectivity index (χ2n) is 6.31. The number of hydrogen-bond acceptors (Lipinski definition) is 5. The van der Waals surface area contributed by atoms with Gasteiger partial charge in [-0.3, -0.25) is 11.1 Å². The highest BCUT2D eigenvalue weighted by atomic mass is 16.5. The van der Waals surface area contributed by atoms with Crippen LogP contribution in [-0.2, 0) is 4.79 Å². The Hall–Kier alpha value is -3.32. The van der Waals surface area contributed by atoms with Crippen LogP contribution >= 0.6 is 0 Å². The van der Waals surface area contributed by atoms with E-state index in [1.165, 1.54) is 0 Å². The van der Waals surface area contributed by atoms with Gasteiger partial charge in [0, 0.05) is 42.5 Å². The van der Waals surface area contributed by atoms with E-state index in [9.17, 15) is 9.90 Å². The highest BCUT2D eigenvalue weighted by molar-refractivity contribution is 5.95. The molecule has 0 aliphatic carbocycles. The van der Waals surface area contributed by atoms with Gasteiger partial charge in [-0.2, -0.15) is 0 Å². The van der Waals surface area contributed by atoms with E-state index in [4.69, 9.17) is 21.6 Å². The topological polar surface area (TPSA) is 127 Å². The van der Waals surface area contributed by atoms with Gasteiger partial charge in [0.05, 0.1) is 5.56 Å². The van der Waals surface area contributed by atoms with Gasteiger partial charge >= 0.3 is 5.97 Å². The maximum atomic E-state index is 12.3. The number of aromatic hydroxyl groups is 1. The summed E-state index contributed by atoms with van der Waals surface area (Å²) in [4.78, 5) is 14.4. The summed E-state index contributed by atoms with van der Waals surface area (Å²) in [6.45, 7) is 5.65. The third-order valence-corrected chi connectivity index (χ3v) is 4.25. The lowest BCUT2D eigenvalue weighted by Crippen LogP contribution is -2.46. The largest absolute Gasteiger partial charge is 0.507 e. The number of esters is 1. The normalized spacial score (nSPS) is 11.2. The lowest BCUT2D eigenvalue weighted by molar-refractivity contribution is -0.130. The van der Waals surface area contributed by atoms with Crippen LogP contribution in [0.25, 0.3) is 6.08 Å². The molecule has 0 bridgehead atoms. The molecule has 28 heavy (non-hydrogen) atoms. The Morgan fingerprint density at radius 2 is 1.93 bits per heavy atom. The minimum Gasteiger partial charge on any atom is -0.507 e. The summed E-state index contributed by atoms with van der Waals surface area (Å²) in [6, 6.07) is 11.9. The number of hydrogen-bond donors (Lipinski definition) is 4. The molecular formula is C21H27N4O3+. The summed E-state index contributed by atoms with van der Waals surface area (Å²) in [5.41, 5.74) is 13.5. The number of phenols is 1. The van der Waals surface area contributed by atoms with Gasteiger partial charge in [-0.25, -0.2) is 4.79 Å². The average Bonchev–Trinajstić information content (AvgIpc) is 2.68. The van der Waals surface area contributed by atoms with Crippen LogP contribution in [0, 0.1) is 0 Å². The standard InChI is InChI=1S/C21H26N4O3/c1-3-25(11-10-22)17-7-4-16(19(26)13-17)12-14(2)21(27)28-18-8-5-15(6-9-18)20(23)24/h4-9,12-13,26H,3,10-11,22H2,1-2H3,(H3,23,24)/p+1/b14-12+. The summed E-state index contributed by atoms with van der Waals surface area (Å²) in [5.74, 6) is 0.140. The molecule has 7 nitrogen and oxygen atoms in total. The zero-order chi connectivity index (χ0) is 20.7. The Labute approximate surface area is 164 Å². The summed E-state index contributed by atoms with van der Waals surface area (Å²) in [7, 11) is 0. The van der Waals surface area contributed by atoms with Gasteiger partial charge in [-0.15, -0.1) is 0 Å². The van der Waals surface area contributed by atoms with Crippen LogP contribution in [0.3, 0.4) is 0 Å². The van der Waals surface area contributed by atoms with Crippen LogP contribution in [0.1, 0.15) is 25.0 Å². The molecule has 148 valence electrons. The van der Waals surface area contributed by atoms with Crippen LogP contribution in [-0.4, -0.2) is 36.5 Å². The minimum atomic E-state index is -0.515. The molecule has 0 aromatic heterocycles. The van der Waals surface area contributed by atoms with E-state index in [-0.39, 0.29) is 11.6 Å². The van der Waals surface area contributed by atoms with Crippen molar-refractivity contribution in [2.75, 3.05) is 24.5 Å². The summed E-state index contributed by atoms with van der Waals surface area (Å²) in [6.07, 6.45) is 1.58. The van der Waals surface area contributed by atoms with Crippen molar-refractivity contribution >= 4 is 23.6 Å². The van der Waals surface area contributed by atoms with E-state index < -0.39 is 5.97 Å². The first kappa shape index (κ1) is 21.0. The van der Waals surface area contributed by atoms with Crippen molar-refractivity contribution in [3.05, 3.63) is 59.2 Å². The zero-order valence-corrected chi connectivity index (χ0v) is 16.2. The number of ether oxygens (including phenoxy) is 1. The predicted octanol–water partition coefficient (Wildman–Crippen LogP) is 0.651. The number of benzene rings is 2. The van der Waals surface area contributed by atoms with Gasteiger partial charge in [0.2, 0.25) is 0 Å². The van der Waals surface area contributed by atoms with Crippen LogP contribution in [0.4, 0.5) is 5.69 Å². The lowest BCUT2D eigenvalue weighted by Gasteiger charge is -2.22. The molecule has 0 saturated heterocycles. The summed E-state index contributed by atoms with van der Waals surface area (Å²) in [5, 5.41) is 15.8. The van der Waals surface area contributed by atoms with Gasteiger partial charge in [0.25, 0.3) is 5.84 Å². The van der Waals surface area contributed by atoms with Gasteiger partial charge in [-0.1, -0.05) is 0 Å². The smallest absolute Gasteiger partial charge is 0.339 e. The van der Waals surface area contributed by atoms with E-state index in [0.29, 0.717) is 35.5 Å². The monoisotopic (exact) mass is 383 g/mol. The molecule has 2 aromatic carbocycles. The van der Waals surface area contributed by atoms with E-state index in [1.807, 2.05) is 13.0 Å². The van der Waals surface area contributed by atoms with Crippen molar-refractivity contribution in [1.82, 2.24) is 0 Å². The molecule has 7 heteroatoms. The fraction of sp³-hybridized carbons (Fsp3) is 0.238. The predicted molar refractivity (Wildman–Crippen MR) is 111 cm³/mol. The number of amidine groups is 1. The number of carbonyl (C=O) groups is 1. The lowest BCUT2D eigenvalue weighted by atomic mass is 10.1. The highest BCUT2D eigenvalue weighted by Gasteiger charge is 2.11. The van der Waals surface area contributed by atoms with Gasteiger partial charge in [-0.05, 0) is 56.3 Å². The molecule has 0 heterocycles. The van der Waals surface area contributed by atoms with Crippen molar-refractivity contribution in [3.63, 3.8) is 0 Å². The number of phenolic OH excluding ortho intramolecular Hbond substituents is 1. The second kappa shape index (κ2) is 9.57. The van der Waals surface area contributed by atoms with Crippen LogP contribution in [0.5, 0.6) is 11.5 Å². The number of carbonyl (C=O) groups excluding carboxylic acids is 1. The number of nitrogens with zero attached hydrogens (tertiary/aromatic N) is 1. The molecule has 0 aliphatic rings. The number of anilines is 1. The molecule has 0 radical (unpaired) electrons. The van der Waals surface area contributed by atoms with Gasteiger partial charge < -0.3 is 20.5 Å². The first-order valence-corrected chi connectivity index (χ1v) is 9.02. The van der Waals surface area contributed by atoms with Crippen molar-refractivity contribution in [1.29, 1.82) is 0 Å². The molecule has 0 unspecified atom stereocenters.